The van der Waals surface area contributed by atoms with Gasteiger partial charge in [-0.05, 0) is 29.5 Å². The van der Waals surface area contributed by atoms with E-state index in [0.717, 1.165) is 17.1 Å². The molecule has 130 valence electrons. The predicted molar refractivity (Wildman–Crippen MR) is 89.3 cm³/mol. The van der Waals surface area contributed by atoms with Crippen LogP contribution >= 0.6 is 0 Å². The average Bonchev–Trinajstić information content (AvgIpc) is 2.92. The molecule has 24 heavy (non-hydrogen) atoms. The standard InChI is InChI=1S/C19H24O5/c1-11-15-10-24-9-13(7-14(15)19(20)23-4)18(11)12-5-6-16(21-2)17(8-12)22-3/h5-8,11,13,15,18H,9-10H2,1-4H3. The lowest BCUT2D eigenvalue weighted by Crippen LogP contribution is -2.33. The number of esters is 1. The maximum atomic E-state index is 12.1. The summed E-state index contributed by atoms with van der Waals surface area (Å²) in [5, 5.41) is 0. The first-order chi connectivity index (χ1) is 11.6. The van der Waals surface area contributed by atoms with Crippen molar-refractivity contribution >= 4 is 5.97 Å². The molecule has 5 heteroatoms. The number of methoxy groups -OCH3 is 3. The Labute approximate surface area is 142 Å². The van der Waals surface area contributed by atoms with Gasteiger partial charge in [-0.3, -0.25) is 0 Å². The summed E-state index contributed by atoms with van der Waals surface area (Å²) >= 11 is 0. The van der Waals surface area contributed by atoms with Gasteiger partial charge < -0.3 is 18.9 Å². The summed E-state index contributed by atoms with van der Waals surface area (Å²) in [5.41, 5.74) is 1.94. The van der Waals surface area contributed by atoms with Gasteiger partial charge in [-0.25, -0.2) is 4.79 Å². The van der Waals surface area contributed by atoms with Gasteiger partial charge in [0, 0.05) is 17.4 Å². The van der Waals surface area contributed by atoms with Crippen LogP contribution in [0.4, 0.5) is 0 Å². The van der Waals surface area contributed by atoms with E-state index in [0.29, 0.717) is 13.2 Å². The summed E-state index contributed by atoms with van der Waals surface area (Å²) in [6, 6.07) is 6.05. The monoisotopic (exact) mass is 332 g/mol. The van der Waals surface area contributed by atoms with Crippen molar-refractivity contribution in [3.8, 4) is 11.5 Å². The van der Waals surface area contributed by atoms with Crippen molar-refractivity contribution < 1.29 is 23.7 Å². The second kappa shape index (κ2) is 6.85. The fourth-order valence-electron chi connectivity index (χ4n) is 4.05. The van der Waals surface area contributed by atoms with Crippen LogP contribution in [0.5, 0.6) is 11.5 Å². The summed E-state index contributed by atoms with van der Waals surface area (Å²) in [6.07, 6.45) is 2.05. The number of hydrogen-bond donors (Lipinski definition) is 0. The third-order valence-electron chi connectivity index (χ3n) is 5.28. The molecule has 1 aromatic carbocycles. The molecule has 1 fully saturated rings. The minimum atomic E-state index is -0.242. The molecule has 3 aliphatic rings. The van der Waals surface area contributed by atoms with Crippen LogP contribution in [0.1, 0.15) is 18.4 Å². The summed E-state index contributed by atoms with van der Waals surface area (Å²) in [5.74, 6) is 1.93. The van der Waals surface area contributed by atoms with E-state index in [-0.39, 0.29) is 29.6 Å². The molecule has 0 N–H and O–H groups in total. The van der Waals surface area contributed by atoms with Gasteiger partial charge in [-0.1, -0.05) is 19.1 Å². The van der Waals surface area contributed by atoms with Gasteiger partial charge in [0.15, 0.2) is 11.5 Å². The van der Waals surface area contributed by atoms with Crippen LogP contribution in [0.3, 0.4) is 0 Å². The van der Waals surface area contributed by atoms with E-state index in [4.69, 9.17) is 18.9 Å². The van der Waals surface area contributed by atoms with Crippen molar-refractivity contribution in [1.82, 2.24) is 0 Å². The largest absolute Gasteiger partial charge is 0.493 e. The van der Waals surface area contributed by atoms with Crippen LogP contribution in [-0.2, 0) is 14.3 Å². The number of ether oxygens (including phenoxy) is 4. The minimum Gasteiger partial charge on any atom is -0.493 e. The summed E-state index contributed by atoms with van der Waals surface area (Å²) in [7, 11) is 4.70. The molecule has 1 saturated heterocycles. The van der Waals surface area contributed by atoms with E-state index in [1.807, 2.05) is 18.2 Å². The molecule has 0 saturated carbocycles. The van der Waals surface area contributed by atoms with Crippen LogP contribution in [0.2, 0.25) is 0 Å². The molecular formula is C19H24O5. The second-order valence-electron chi connectivity index (χ2n) is 6.42. The first-order valence-corrected chi connectivity index (χ1v) is 8.20. The van der Waals surface area contributed by atoms with E-state index in [9.17, 15) is 4.79 Å². The Kier molecular flexibility index (Phi) is 4.81. The van der Waals surface area contributed by atoms with E-state index < -0.39 is 0 Å². The Morgan fingerprint density at radius 2 is 1.88 bits per heavy atom. The molecule has 4 atom stereocenters. The van der Waals surface area contributed by atoms with Crippen LogP contribution in [0.15, 0.2) is 29.8 Å². The van der Waals surface area contributed by atoms with Crippen LogP contribution < -0.4 is 9.47 Å². The van der Waals surface area contributed by atoms with E-state index in [1.165, 1.54) is 12.7 Å². The molecule has 1 aliphatic carbocycles. The topological polar surface area (TPSA) is 54.0 Å². The summed E-state index contributed by atoms with van der Waals surface area (Å²) < 4.78 is 21.5. The van der Waals surface area contributed by atoms with Gasteiger partial charge in [0.25, 0.3) is 0 Å². The lowest BCUT2D eigenvalue weighted by atomic mass is 9.66. The molecule has 0 amide bonds. The molecule has 1 aromatic rings. The van der Waals surface area contributed by atoms with E-state index in [1.54, 1.807) is 14.2 Å². The molecule has 4 unspecified atom stereocenters. The number of carbonyl (C=O) groups is 1. The molecule has 2 heterocycles. The van der Waals surface area contributed by atoms with Crippen LogP contribution in [-0.4, -0.2) is 40.5 Å². The first kappa shape index (κ1) is 16.8. The Morgan fingerprint density at radius 3 is 2.54 bits per heavy atom. The Morgan fingerprint density at radius 1 is 1.12 bits per heavy atom. The first-order valence-electron chi connectivity index (χ1n) is 8.20. The number of carbonyl (C=O) groups excluding carboxylic acids is 1. The zero-order chi connectivity index (χ0) is 17.3. The Balaban J connectivity index is 2.00. The smallest absolute Gasteiger partial charge is 0.333 e. The van der Waals surface area contributed by atoms with E-state index in [2.05, 4.69) is 13.0 Å². The zero-order valence-corrected chi connectivity index (χ0v) is 14.6. The van der Waals surface area contributed by atoms with Gasteiger partial charge >= 0.3 is 5.97 Å². The van der Waals surface area contributed by atoms with Gasteiger partial charge in [0.05, 0.1) is 34.5 Å². The van der Waals surface area contributed by atoms with Crippen molar-refractivity contribution in [3.63, 3.8) is 0 Å². The third-order valence-corrected chi connectivity index (χ3v) is 5.28. The fraction of sp³-hybridized carbons (Fsp3) is 0.526. The highest BCUT2D eigenvalue weighted by atomic mass is 16.5. The molecule has 4 rings (SSSR count). The van der Waals surface area contributed by atoms with Gasteiger partial charge in [-0.15, -0.1) is 0 Å². The number of benzene rings is 1. The predicted octanol–water partition coefficient (Wildman–Crippen LogP) is 2.80. The molecule has 5 nitrogen and oxygen atoms in total. The van der Waals surface area contributed by atoms with Gasteiger partial charge in [0.2, 0.25) is 0 Å². The van der Waals surface area contributed by atoms with Crippen molar-refractivity contribution in [2.24, 2.45) is 17.8 Å². The second-order valence-corrected chi connectivity index (χ2v) is 6.42. The molecule has 0 radical (unpaired) electrons. The minimum absolute atomic E-state index is 0.0503. The molecule has 0 aromatic heterocycles. The molecule has 0 spiro atoms. The van der Waals surface area contributed by atoms with Crippen LogP contribution in [0.25, 0.3) is 0 Å². The van der Waals surface area contributed by atoms with Gasteiger partial charge in [-0.2, -0.15) is 0 Å². The highest BCUT2D eigenvalue weighted by molar-refractivity contribution is 5.89. The Hall–Kier alpha value is -2.01. The Bertz CT molecular complexity index is 651. The highest BCUT2D eigenvalue weighted by Crippen LogP contribution is 2.48. The fourth-order valence-corrected chi connectivity index (χ4v) is 4.05. The van der Waals surface area contributed by atoms with Crippen molar-refractivity contribution in [2.75, 3.05) is 34.5 Å². The van der Waals surface area contributed by atoms with Crippen molar-refractivity contribution in [1.29, 1.82) is 0 Å². The zero-order valence-electron chi connectivity index (χ0n) is 14.6. The summed E-state index contributed by atoms with van der Waals surface area (Å²) in [6.45, 7) is 3.35. The SMILES string of the molecule is COC(=O)C1=CC2COCC1C(C)C2c1ccc(OC)c(OC)c1. The molecular weight excluding hydrogens is 308 g/mol. The number of rotatable bonds is 4. The maximum absolute atomic E-state index is 12.1. The lowest BCUT2D eigenvalue weighted by Gasteiger charge is -2.36. The molecule has 2 aliphatic heterocycles. The summed E-state index contributed by atoms with van der Waals surface area (Å²) in [4.78, 5) is 12.1. The quantitative estimate of drug-likeness (QED) is 0.794. The highest BCUT2D eigenvalue weighted by Gasteiger charge is 2.43. The van der Waals surface area contributed by atoms with E-state index >= 15 is 0 Å². The van der Waals surface area contributed by atoms with Crippen molar-refractivity contribution in [3.05, 3.63) is 35.4 Å². The van der Waals surface area contributed by atoms with Crippen molar-refractivity contribution in [2.45, 2.75) is 12.8 Å². The average molecular weight is 332 g/mol. The lowest BCUT2D eigenvalue weighted by molar-refractivity contribution is -0.137. The molecule has 2 bridgehead atoms. The van der Waals surface area contributed by atoms with Gasteiger partial charge in [0.1, 0.15) is 0 Å². The third kappa shape index (κ3) is 2.77. The number of fused-ring (bicyclic) bond motifs is 3. The normalized spacial score (nSPS) is 28.8. The van der Waals surface area contributed by atoms with Crippen LogP contribution in [0, 0.1) is 17.8 Å². The maximum Gasteiger partial charge on any atom is 0.333 e. The number of hydrogen-bond acceptors (Lipinski definition) is 5.